The number of fused-ring (bicyclic) bond motifs is 3. The normalized spacial score (nSPS) is 10.9. The van der Waals surface area contributed by atoms with E-state index in [2.05, 4.69) is 60.7 Å². The van der Waals surface area contributed by atoms with Gasteiger partial charge in [0.15, 0.2) is 0 Å². The molecular weight excluding hydrogens is 170 g/mol. The van der Waals surface area contributed by atoms with Crippen molar-refractivity contribution in [3.8, 4) is 0 Å². The molecule has 0 atom stereocenters. The molecule has 0 aliphatic heterocycles. The van der Waals surface area contributed by atoms with Gasteiger partial charge in [-0.2, -0.15) is 0 Å². The first kappa shape index (κ1) is 7.57. The molecule has 0 nitrogen and oxygen atoms in total. The molecule has 0 unspecified atom stereocenters. The molecule has 0 saturated heterocycles. The average molecular weight is 180 g/mol. The molecule has 0 aromatic heterocycles. The van der Waals surface area contributed by atoms with Gasteiger partial charge in [0, 0.05) is 0 Å². The van der Waals surface area contributed by atoms with Gasteiger partial charge in [0.25, 0.3) is 0 Å². The lowest BCUT2D eigenvalue weighted by atomic mass is 10.1. The lowest BCUT2D eigenvalue weighted by Crippen LogP contribution is -1.75. The Balaban J connectivity index is 2.61. The molecule has 0 amide bonds. The van der Waals surface area contributed by atoms with Crippen molar-refractivity contribution >= 4 is 21.5 Å². The molecule has 3 rings (SSSR count). The van der Waals surface area contributed by atoms with E-state index in [1.807, 2.05) is 0 Å². The Morgan fingerprint density at radius 3 is 2.36 bits per heavy atom. The van der Waals surface area contributed by atoms with Crippen LogP contribution in [0.4, 0.5) is 0 Å². The SMILES string of the molecule is c1ccc2c(c1)c[14cH]c1ccccc12. The van der Waals surface area contributed by atoms with Crippen LogP contribution in [0.1, 0.15) is 0 Å². The molecule has 0 radical (unpaired) electrons. The molecule has 66 valence electrons. The van der Waals surface area contributed by atoms with Gasteiger partial charge in [0.2, 0.25) is 0 Å². The zero-order valence-corrected chi connectivity index (χ0v) is 7.77. The summed E-state index contributed by atoms with van der Waals surface area (Å²) in [6.07, 6.45) is 0. The molecule has 0 fully saturated rings. The Labute approximate surface area is 82.8 Å². The molecule has 3 aromatic carbocycles. The predicted molar refractivity (Wildman–Crippen MR) is 61.5 cm³/mol. The first-order valence-electron chi connectivity index (χ1n) is 4.82. The standard InChI is InChI=1S/C14H10/c1-3-7-13-11(5-1)9-10-12-6-2-4-8-14(12)13/h1-10H/i9+2. The molecule has 0 saturated carbocycles. The van der Waals surface area contributed by atoms with Crippen molar-refractivity contribution in [2.24, 2.45) is 0 Å². The molecule has 0 N–H and O–H groups in total. The van der Waals surface area contributed by atoms with Crippen molar-refractivity contribution in [3.63, 3.8) is 0 Å². The van der Waals surface area contributed by atoms with Crippen molar-refractivity contribution in [2.75, 3.05) is 0 Å². The Hall–Kier alpha value is -1.82. The van der Waals surface area contributed by atoms with Gasteiger partial charge < -0.3 is 0 Å². The maximum Gasteiger partial charge on any atom is -0.0105 e. The van der Waals surface area contributed by atoms with Crippen LogP contribution in [0.3, 0.4) is 0 Å². The third-order valence-corrected chi connectivity index (χ3v) is 2.65. The highest BCUT2D eigenvalue weighted by Gasteiger charge is 1.97. The molecule has 0 aliphatic carbocycles. The zero-order valence-electron chi connectivity index (χ0n) is 7.77. The first-order valence-corrected chi connectivity index (χ1v) is 4.82. The fraction of sp³-hybridized carbons (Fsp3) is 0. The summed E-state index contributed by atoms with van der Waals surface area (Å²) in [5.74, 6) is 0. The van der Waals surface area contributed by atoms with E-state index in [0.717, 1.165) is 0 Å². The lowest BCUT2D eigenvalue weighted by molar-refractivity contribution is 1.76. The number of hydrogen-bond donors (Lipinski definition) is 0. The van der Waals surface area contributed by atoms with Gasteiger partial charge in [0.05, 0.1) is 0 Å². The second-order valence-corrected chi connectivity index (χ2v) is 3.51. The zero-order chi connectivity index (χ0) is 9.38. The van der Waals surface area contributed by atoms with Crippen molar-refractivity contribution in [2.45, 2.75) is 0 Å². The molecule has 0 bridgehead atoms. The predicted octanol–water partition coefficient (Wildman–Crippen LogP) is 3.99. The number of hydrogen-bond acceptors (Lipinski definition) is 0. The van der Waals surface area contributed by atoms with E-state index in [1.165, 1.54) is 21.5 Å². The summed E-state index contributed by atoms with van der Waals surface area (Å²) in [4.78, 5) is 0. The number of benzene rings is 3. The van der Waals surface area contributed by atoms with Crippen LogP contribution in [0.5, 0.6) is 0 Å². The van der Waals surface area contributed by atoms with E-state index in [0.29, 0.717) is 0 Å². The van der Waals surface area contributed by atoms with E-state index >= 15 is 0 Å². The second-order valence-electron chi connectivity index (χ2n) is 3.51. The maximum atomic E-state index is 2.18. The van der Waals surface area contributed by atoms with Crippen LogP contribution < -0.4 is 0 Å². The molecule has 0 spiro atoms. The van der Waals surface area contributed by atoms with Crippen LogP contribution in [0.2, 0.25) is 0 Å². The Morgan fingerprint density at radius 1 is 0.714 bits per heavy atom. The van der Waals surface area contributed by atoms with E-state index in [1.54, 1.807) is 0 Å². The highest BCUT2D eigenvalue weighted by atomic mass is 14.6. The smallest absolute Gasteiger partial charge is 0.0105 e. The topological polar surface area (TPSA) is 0 Å². The van der Waals surface area contributed by atoms with Crippen LogP contribution in [0.25, 0.3) is 21.5 Å². The van der Waals surface area contributed by atoms with Gasteiger partial charge in [-0.1, -0.05) is 60.7 Å². The molecular formula is C14H10. The van der Waals surface area contributed by atoms with Crippen molar-refractivity contribution in [3.05, 3.63) is 60.7 Å². The molecule has 0 heteroatoms. The van der Waals surface area contributed by atoms with Crippen molar-refractivity contribution < 1.29 is 0 Å². The minimum Gasteiger partial charge on any atom is -0.0616 e. The second kappa shape index (κ2) is 2.85. The van der Waals surface area contributed by atoms with Crippen LogP contribution in [0.15, 0.2) is 60.7 Å². The highest BCUT2D eigenvalue weighted by molar-refractivity contribution is 6.07. The summed E-state index contributed by atoms with van der Waals surface area (Å²) in [6, 6.07) is 21.4. The van der Waals surface area contributed by atoms with Gasteiger partial charge in [-0.05, 0) is 21.5 Å². The van der Waals surface area contributed by atoms with E-state index in [9.17, 15) is 0 Å². The van der Waals surface area contributed by atoms with Crippen LogP contribution in [-0.4, -0.2) is 0 Å². The van der Waals surface area contributed by atoms with Gasteiger partial charge in [-0.15, -0.1) is 0 Å². The fourth-order valence-electron chi connectivity index (χ4n) is 1.95. The minimum atomic E-state index is 1.31. The summed E-state index contributed by atoms with van der Waals surface area (Å²) in [6.45, 7) is 0. The number of rotatable bonds is 0. The largest absolute Gasteiger partial charge is 0.0616 e. The molecule has 0 heterocycles. The minimum absolute atomic E-state index is 1.31. The van der Waals surface area contributed by atoms with E-state index in [4.69, 9.17) is 0 Å². The molecule has 3 aromatic rings. The quantitative estimate of drug-likeness (QED) is 0.459. The van der Waals surface area contributed by atoms with Crippen LogP contribution in [-0.2, 0) is 0 Å². The van der Waals surface area contributed by atoms with Gasteiger partial charge in [0.1, 0.15) is 0 Å². The maximum absolute atomic E-state index is 2.18. The summed E-state index contributed by atoms with van der Waals surface area (Å²) < 4.78 is 0. The first-order chi connectivity index (χ1) is 6.95. The third kappa shape index (κ3) is 1.01. The third-order valence-electron chi connectivity index (χ3n) is 2.65. The summed E-state index contributed by atoms with van der Waals surface area (Å²) in [7, 11) is 0. The van der Waals surface area contributed by atoms with Gasteiger partial charge in [-0.25, -0.2) is 0 Å². The average Bonchev–Trinajstić information content (AvgIpc) is 2.29. The van der Waals surface area contributed by atoms with Crippen molar-refractivity contribution in [1.29, 1.82) is 0 Å². The van der Waals surface area contributed by atoms with Gasteiger partial charge >= 0.3 is 0 Å². The summed E-state index contributed by atoms with van der Waals surface area (Å²) in [5, 5.41) is 5.30. The Kier molecular flexibility index (Phi) is 1.54. The molecule has 0 aliphatic rings. The van der Waals surface area contributed by atoms with Crippen molar-refractivity contribution in [1.82, 2.24) is 0 Å². The van der Waals surface area contributed by atoms with E-state index in [-0.39, 0.29) is 0 Å². The lowest BCUT2D eigenvalue weighted by Gasteiger charge is -2.02. The fourth-order valence-corrected chi connectivity index (χ4v) is 1.95. The molecule has 14 heavy (non-hydrogen) atoms. The van der Waals surface area contributed by atoms with E-state index < -0.39 is 0 Å². The monoisotopic (exact) mass is 180 g/mol. The Morgan fingerprint density at radius 2 is 1.43 bits per heavy atom. The summed E-state index contributed by atoms with van der Waals surface area (Å²) in [5.41, 5.74) is 0. The highest BCUT2D eigenvalue weighted by Crippen LogP contribution is 2.24. The Bertz CT molecular complexity index is 539. The van der Waals surface area contributed by atoms with Gasteiger partial charge in [-0.3, -0.25) is 0 Å². The van der Waals surface area contributed by atoms with Crippen LogP contribution in [0, 0.1) is 0 Å². The summed E-state index contributed by atoms with van der Waals surface area (Å²) >= 11 is 0. The van der Waals surface area contributed by atoms with Crippen LogP contribution >= 0.6 is 0 Å².